The van der Waals surface area contributed by atoms with E-state index in [1.165, 1.54) is 4.88 Å². The second kappa shape index (κ2) is 7.62. The monoisotopic (exact) mass is 396 g/mol. The summed E-state index contributed by atoms with van der Waals surface area (Å²) < 4.78 is 2.14. The fraction of sp³-hybridized carbons (Fsp3) is 0.583. The molecule has 0 fully saturated rings. The summed E-state index contributed by atoms with van der Waals surface area (Å²) in [6.45, 7) is 7.47. The fourth-order valence-corrected chi connectivity index (χ4v) is 3.41. The largest absolute Gasteiger partial charge is 0.354 e. The highest BCUT2D eigenvalue weighted by atomic mass is 79.9. The molecule has 0 spiro atoms. The molecule has 1 heterocycles. The second-order valence-electron chi connectivity index (χ2n) is 4.58. The lowest BCUT2D eigenvalue weighted by Crippen LogP contribution is -2.42. The van der Waals surface area contributed by atoms with Crippen LogP contribution in [-0.2, 0) is 11.3 Å². The van der Waals surface area contributed by atoms with Gasteiger partial charge in [0.25, 0.3) is 0 Å². The number of hydrogen-bond acceptors (Lipinski definition) is 3. The number of rotatable bonds is 6. The molecular formula is C12H18Br2N2OS. The Morgan fingerprint density at radius 2 is 2.06 bits per heavy atom. The Morgan fingerprint density at radius 1 is 1.39 bits per heavy atom. The molecule has 1 amide bonds. The third-order valence-corrected chi connectivity index (χ3v) is 5.61. The molecule has 3 nitrogen and oxygen atoms in total. The van der Waals surface area contributed by atoms with Crippen LogP contribution in [0.2, 0.25) is 0 Å². The molecule has 18 heavy (non-hydrogen) atoms. The number of nitrogens with one attached hydrogen (secondary N) is 2. The summed E-state index contributed by atoms with van der Waals surface area (Å²) in [5.74, 6) is 0.531. The van der Waals surface area contributed by atoms with Crippen molar-refractivity contribution in [2.45, 2.75) is 33.4 Å². The summed E-state index contributed by atoms with van der Waals surface area (Å²) in [6.07, 6.45) is 0. The Kier molecular flexibility index (Phi) is 6.84. The van der Waals surface area contributed by atoms with Gasteiger partial charge in [-0.05, 0) is 50.8 Å². The first-order valence-electron chi connectivity index (χ1n) is 5.85. The third-order valence-electron chi connectivity index (χ3n) is 2.36. The Balaban J connectivity index is 2.36. The normalized spacial score (nSPS) is 12.8. The van der Waals surface area contributed by atoms with Gasteiger partial charge in [-0.2, -0.15) is 0 Å². The summed E-state index contributed by atoms with van der Waals surface area (Å²) >= 11 is 8.57. The van der Waals surface area contributed by atoms with E-state index in [2.05, 4.69) is 62.4 Å². The van der Waals surface area contributed by atoms with E-state index in [0.717, 1.165) is 14.8 Å². The Morgan fingerprint density at radius 3 is 2.56 bits per heavy atom. The zero-order chi connectivity index (χ0) is 13.7. The minimum Gasteiger partial charge on any atom is -0.354 e. The van der Waals surface area contributed by atoms with Crippen molar-refractivity contribution < 1.29 is 4.79 Å². The van der Waals surface area contributed by atoms with Gasteiger partial charge in [-0.15, -0.1) is 11.3 Å². The van der Waals surface area contributed by atoms with E-state index < -0.39 is 0 Å². The van der Waals surface area contributed by atoms with Gasteiger partial charge in [0.05, 0.1) is 9.83 Å². The average molecular weight is 398 g/mol. The summed E-state index contributed by atoms with van der Waals surface area (Å²) in [6, 6.07) is 1.88. The van der Waals surface area contributed by atoms with Crippen LogP contribution in [0.4, 0.5) is 0 Å². The molecule has 102 valence electrons. The lowest BCUT2D eigenvalue weighted by atomic mass is 10.2. The highest BCUT2D eigenvalue weighted by Gasteiger charge is 2.13. The molecule has 1 rings (SSSR count). The Labute approximate surface area is 129 Å². The van der Waals surface area contributed by atoms with Crippen LogP contribution in [0.3, 0.4) is 0 Å². The molecule has 1 atom stereocenters. The van der Waals surface area contributed by atoms with Crippen molar-refractivity contribution in [1.82, 2.24) is 10.6 Å². The van der Waals surface area contributed by atoms with Crippen molar-refractivity contribution >= 4 is 49.1 Å². The van der Waals surface area contributed by atoms with E-state index in [0.29, 0.717) is 12.5 Å². The first-order valence-corrected chi connectivity index (χ1v) is 8.25. The summed E-state index contributed by atoms with van der Waals surface area (Å²) in [5, 5.41) is 6.14. The highest BCUT2D eigenvalue weighted by molar-refractivity contribution is 9.13. The van der Waals surface area contributed by atoms with Crippen LogP contribution in [0.25, 0.3) is 0 Å². The number of hydrogen-bond donors (Lipinski definition) is 2. The molecule has 1 unspecified atom stereocenters. The van der Waals surface area contributed by atoms with Crippen molar-refractivity contribution in [2.24, 2.45) is 5.92 Å². The maximum atomic E-state index is 11.8. The SMILES string of the molecule is CC(C)CNC(=O)C(C)NCc1cc(Br)c(Br)s1. The van der Waals surface area contributed by atoms with E-state index in [1.807, 2.05) is 6.92 Å². The third kappa shape index (κ3) is 5.38. The molecule has 1 aromatic heterocycles. The predicted octanol–water partition coefficient (Wildman–Crippen LogP) is 3.52. The molecule has 0 bridgehead atoms. The Bertz CT molecular complexity index is 387. The van der Waals surface area contributed by atoms with Crippen molar-refractivity contribution in [3.63, 3.8) is 0 Å². The van der Waals surface area contributed by atoms with Crippen LogP contribution in [0.15, 0.2) is 14.3 Å². The maximum Gasteiger partial charge on any atom is 0.236 e. The smallest absolute Gasteiger partial charge is 0.236 e. The quantitative estimate of drug-likeness (QED) is 0.770. The van der Waals surface area contributed by atoms with Gasteiger partial charge in [0.1, 0.15) is 0 Å². The van der Waals surface area contributed by atoms with E-state index >= 15 is 0 Å². The van der Waals surface area contributed by atoms with Gasteiger partial charge in [-0.1, -0.05) is 13.8 Å². The zero-order valence-corrected chi connectivity index (χ0v) is 14.7. The molecule has 0 aromatic carbocycles. The molecule has 0 radical (unpaired) electrons. The van der Waals surface area contributed by atoms with Crippen LogP contribution >= 0.6 is 43.2 Å². The minimum absolute atomic E-state index is 0.0541. The number of amides is 1. The van der Waals surface area contributed by atoms with E-state index in [9.17, 15) is 4.79 Å². The zero-order valence-electron chi connectivity index (χ0n) is 10.7. The molecule has 2 N–H and O–H groups in total. The van der Waals surface area contributed by atoms with Crippen molar-refractivity contribution in [1.29, 1.82) is 0 Å². The number of thiophene rings is 1. The van der Waals surface area contributed by atoms with Gasteiger partial charge >= 0.3 is 0 Å². The van der Waals surface area contributed by atoms with Gasteiger partial charge < -0.3 is 10.6 Å². The molecule has 0 aliphatic carbocycles. The van der Waals surface area contributed by atoms with Gasteiger partial charge in [0, 0.05) is 22.4 Å². The van der Waals surface area contributed by atoms with Crippen LogP contribution in [-0.4, -0.2) is 18.5 Å². The van der Waals surface area contributed by atoms with Crippen LogP contribution < -0.4 is 10.6 Å². The van der Waals surface area contributed by atoms with E-state index in [-0.39, 0.29) is 11.9 Å². The Hall–Kier alpha value is 0.0900. The van der Waals surface area contributed by atoms with Crippen LogP contribution in [0, 0.1) is 5.92 Å². The average Bonchev–Trinajstić information content (AvgIpc) is 2.62. The van der Waals surface area contributed by atoms with Crippen molar-refractivity contribution in [3.05, 3.63) is 19.2 Å². The van der Waals surface area contributed by atoms with Gasteiger partial charge in [0.2, 0.25) is 5.91 Å². The predicted molar refractivity (Wildman–Crippen MR) is 83.9 cm³/mol. The molecular weight excluding hydrogens is 380 g/mol. The van der Waals surface area contributed by atoms with Crippen molar-refractivity contribution in [3.8, 4) is 0 Å². The summed E-state index contributed by atoms with van der Waals surface area (Å²) in [7, 11) is 0. The molecule has 0 saturated carbocycles. The topological polar surface area (TPSA) is 41.1 Å². The lowest BCUT2D eigenvalue weighted by Gasteiger charge is -2.14. The molecule has 6 heteroatoms. The number of halogens is 2. The highest BCUT2D eigenvalue weighted by Crippen LogP contribution is 2.32. The molecule has 1 aromatic rings. The first-order chi connectivity index (χ1) is 8.40. The van der Waals surface area contributed by atoms with E-state index in [1.54, 1.807) is 11.3 Å². The van der Waals surface area contributed by atoms with Gasteiger partial charge in [0.15, 0.2) is 0 Å². The minimum atomic E-state index is -0.177. The van der Waals surface area contributed by atoms with Crippen LogP contribution in [0.1, 0.15) is 25.6 Å². The van der Waals surface area contributed by atoms with Crippen LogP contribution in [0.5, 0.6) is 0 Å². The maximum absolute atomic E-state index is 11.8. The molecule has 0 aliphatic rings. The van der Waals surface area contributed by atoms with Gasteiger partial charge in [-0.25, -0.2) is 0 Å². The lowest BCUT2D eigenvalue weighted by molar-refractivity contribution is -0.122. The van der Waals surface area contributed by atoms with E-state index in [4.69, 9.17) is 0 Å². The first kappa shape index (κ1) is 16.1. The molecule has 0 saturated heterocycles. The summed E-state index contributed by atoms with van der Waals surface area (Å²) in [4.78, 5) is 12.9. The number of carbonyl (C=O) groups is 1. The summed E-state index contributed by atoms with van der Waals surface area (Å²) in [5.41, 5.74) is 0. The van der Waals surface area contributed by atoms with Gasteiger partial charge in [-0.3, -0.25) is 4.79 Å². The fourth-order valence-electron chi connectivity index (χ4n) is 1.28. The second-order valence-corrected chi connectivity index (χ2v) is 7.88. The standard InChI is InChI=1S/C12H18Br2N2OS/c1-7(2)5-16-12(17)8(3)15-6-9-4-10(13)11(14)18-9/h4,7-8,15H,5-6H2,1-3H3,(H,16,17). The molecule has 0 aliphatic heterocycles. The number of carbonyl (C=O) groups excluding carboxylic acids is 1. The van der Waals surface area contributed by atoms with Crippen molar-refractivity contribution in [2.75, 3.05) is 6.54 Å².